The van der Waals surface area contributed by atoms with E-state index >= 15 is 0 Å². The van der Waals surface area contributed by atoms with Crippen molar-refractivity contribution in [2.75, 3.05) is 18.0 Å². The van der Waals surface area contributed by atoms with Gasteiger partial charge in [0.05, 0.1) is 33.5 Å². The highest BCUT2D eigenvalue weighted by Crippen LogP contribution is 2.26. The standard InChI is InChI=1S/C12H12N4O2S2/c13-4-1-5-15-11(17)7-20(18)12-16-9-3-2-8(14)6-10(9)19-12/h2-3,6H,1,5,7,14H2,(H,15,17). The number of hydrogen-bond donors (Lipinski definition) is 2. The number of rotatable bonds is 5. The molecule has 1 atom stereocenters. The minimum absolute atomic E-state index is 0.152. The molecule has 0 aliphatic carbocycles. The number of fused-ring (bicyclic) bond motifs is 1. The summed E-state index contributed by atoms with van der Waals surface area (Å²) in [5, 5.41) is 10.9. The Bertz CT molecular complexity index is 705. The topological polar surface area (TPSA) is 109 Å². The van der Waals surface area contributed by atoms with E-state index in [1.54, 1.807) is 18.2 Å². The molecule has 1 aromatic heterocycles. The molecule has 20 heavy (non-hydrogen) atoms. The lowest BCUT2D eigenvalue weighted by Crippen LogP contribution is -2.28. The molecule has 1 aromatic carbocycles. The number of nitrogens with zero attached hydrogens (tertiary/aromatic N) is 2. The quantitative estimate of drug-likeness (QED) is 0.633. The Balaban J connectivity index is 2.04. The van der Waals surface area contributed by atoms with Gasteiger partial charge in [0.1, 0.15) is 5.75 Å². The van der Waals surface area contributed by atoms with E-state index < -0.39 is 10.8 Å². The molecule has 0 aliphatic heterocycles. The van der Waals surface area contributed by atoms with E-state index in [1.165, 1.54) is 11.3 Å². The van der Waals surface area contributed by atoms with E-state index in [9.17, 15) is 9.00 Å². The van der Waals surface area contributed by atoms with E-state index in [0.29, 0.717) is 10.0 Å². The van der Waals surface area contributed by atoms with E-state index in [0.717, 1.165) is 10.2 Å². The Hall–Kier alpha value is -1.98. The van der Waals surface area contributed by atoms with Crippen LogP contribution in [0.1, 0.15) is 6.42 Å². The third-order valence-corrected chi connectivity index (χ3v) is 5.03. The van der Waals surface area contributed by atoms with Crippen LogP contribution in [0.3, 0.4) is 0 Å². The zero-order valence-electron chi connectivity index (χ0n) is 10.5. The molecular weight excluding hydrogens is 296 g/mol. The van der Waals surface area contributed by atoms with Gasteiger partial charge < -0.3 is 11.1 Å². The minimum Gasteiger partial charge on any atom is -0.399 e. The van der Waals surface area contributed by atoms with E-state index in [4.69, 9.17) is 11.0 Å². The van der Waals surface area contributed by atoms with Crippen molar-refractivity contribution in [1.29, 1.82) is 5.26 Å². The summed E-state index contributed by atoms with van der Waals surface area (Å²) in [4.78, 5) is 15.7. The molecule has 6 nitrogen and oxygen atoms in total. The molecule has 0 aliphatic rings. The van der Waals surface area contributed by atoms with Crippen LogP contribution in [0.15, 0.2) is 22.5 Å². The number of amides is 1. The number of benzene rings is 1. The Morgan fingerprint density at radius 1 is 1.55 bits per heavy atom. The van der Waals surface area contributed by atoms with Gasteiger partial charge in [0.25, 0.3) is 0 Å². The van der Waals surface area contributed by atoms with Gasteiger partial charge >= 0.3 is 0 Å². The summed E-state index contributed by atoms with van der Waals surface area (Å²) >= 11 is 1.27. The molecule has 1 amide bonds. The summed E-state index contributed by atoms with van der Waals surface area (Å²) in [6, 6.07) is 7.17. The Morgan fingerprint density at radius 2 is 2.35 bits per heavy atom. The van der Waals surface area contributed by atoms with Crippen LogP contribution in [0.4, 0.5) is 5.69 Å². The van der Waals surface area contributed by atoms with Crippen molar-refractivity contribution < 1.29 is 9.00 Å². The fourth-order valence-corrected chi connectivity index (χ4v) is 3.73. The summed E-state index contributed by atoms with van der Waals surface area (Å²) in [5.41, 5.74) is 7.01. The van der Waals surface area contributed by atoms with Gasteiger partial charge in [-0.3, -0.25) is 9.00 Å². The first-order valence-electron chi connectivity index (χ1n) is 5.78. The Labute approximate surface area is 122 Å². The molecule has 0 fully saturated rings. The maximum Gasteiger partial charge on any atom is 0.233 e. The van der Waals surface area contributed by atoms with Crippen LogP contribution in [0.5, 0.6) is 0 Å². The van der Waals surface area contributed by atoms with E-state index in [1.807, 2.05) is 6.07 Å². The predicted octanol–water partition coefficient (Wildman–Crippen LogP) is 1.02. The number of anilines is 1. The van der Waals surface area contributed by atoms with Crippen molar-refractivity contribution >= 4 is 43.9 Å². The highest BCUT2D eigenvalue weighted by molar-refractivity contribution is 7.88. The molecule has 0 spiro atoms. The van der Waals surface area contributed by atoms with Crippen LogP contribution in [0, 0.1) is 11.3 Å². The lowest BCUT2D eigenvalue weighted by atomic mass is 10.3. The maximum atomic E-state index is 12.0. The zero-order chi connectivity index (χ0) is 14.5. The van der Waals surface area contributed by atoms with Gasteiger partial charge in [-0.15, -0.1) is 11.3 Å². The zero-order valence-corrected chi connectivity index (χ0v) is 12.1. The van der Waals surface area contributed by atoms with Gasteiger partial charge in [-0.25, -0.2) is 4.98 Å². The first kappa shape index (κ1) is 14.4. The van der Waals surface area contributed by atoms with E-state index in [2.05, 4.69) is 10.3 Å². The van der Waals surface area contributed by atoms with Crippen molar-refractivity contribution in [3.63, 3.8) is 0 Å². The highest BCUT2D eigenvalue weighted by Gasteiger charge is 2.14. The third kappa shape index (κ3) is 3.53. The van der Waals surface area contributed by atoms with Gasteiger partial charge in [0, 0.05) is 12.2 Å². The second-order valence-corrected chi connectivity index (χ2v) is 6.61. The fourth-order valence-electron chi connectivity index (χ4n) is 1.51. The summed E-state index contributed by atoms with van der Waals surface area (Å²) < 4.78 is 13.3. The molecule has 0 saturated carbocycles. The van der Waals surface area contributed by atoms with Crippen LogP contribution < -0.4 is 11.1 Å². The number of aromatic nitrogens is 1. The normalized spacial score (nSPS) is 11.9. The fraction of sp³-hybridized carbons (Fsp3) is 0.250. The van der Waals surface area contributed by atoms with Crippen molar-refractivity contribution in [3.05, 3.63) is 18.2 Å². The molecule has 1 heterocycles. The average molecular weight is 308 g/mol. The molecular formula is C12H12N4O2S2. The summed E-state index contributed by atoms with van der Waals surface area (Å²) in [7, 11) is -1.49. The number of carbonyl (C=O) groups is 1. The first-order valence-corrected chi connectivity index (χ1v) is 7.92. The van der Waals surface area contributed by atoms with E-state index in [-0.39, 0.29) is 24.6 Å². The molecule has 0 saturated heterocycles. The number of nitrogens with one attached hydrogen (secondary N) is 1. The van der Waals surface area contributed by atoms with Crippen molar-refractivity contribution in [2.24, 2.45) is 0 Å². The Kier molecular flexibility index (Phi) is 4.65. The number of nitrogen functional groups attached to an aromatic ring is 1. The highest BCUT2D eigenvalue weighted by atomic mass is 32.2. The monoisotopic (exact) mass is 308 g/mol. The van der Waals surface area contributed by atoms with Crippen molar-refractivity contribution in [1.82, 2.24) is 10.3 Å². The lowest BCUT2D eigenvalue weighted by molar-refractivity contribution is -0.118. The van der Waals surface area contributed by atoms with Gasteiger partial charge in [-0.1, -0.05) is 0 Å². The molecule has 0 bridgehead atoms. The SMILES string of the molecule is N#CCCNC(=O)CS(=O)c1nc2ccc(N)cc2s1. The average Bonchev–Trinajstić information content (AvgIpc) is 2.82. The third-order valence-electron chi connectivity index (χ3n) is 2.41. The van der Waals surface area contributed by atoms with Crippen LogP contribution in [0.2, 0.25) is 0 Å². The molecule has 0 radical (unpaired) electrons. The molecule has 104 valence electrons. The largest absolute Gasteiger partial charge is 0.399 e. The number of thiazole rings is 1. The predicted molar refractivity (Wildman–Crippen MR) is 78.5 cm³/mol. The van der Waals surface area contributed by atoms with Gasteiger partial charge in [0.15, 0.2) is 4.34 Å². The Morgan fingerprint density at radius 3 is 3.10 bits per heavy atom. The van der Waals surface area contributed by atoms with Crippen LogP contribution in [-0.4, -0.2) is 27.4 Å². The second kappa shape index (κ2) is 6.45. The lowest BCUT2D eigenvalue weighted by Gasteiger charge is -2.00. The van der Waals surface area contributed by atoms with Crippen LogP contribution >= 0.6 is 11.3 Å². The maximum absolute atomic E-state index is 12.0. The summed E-state index contributed by atoms with van der Waals surface area (Å²) in [6.45, 7) is 0.267. The number of nitrogens with two attached hydrogens (primary N) is 1. The molecule has 2 aromatic rings. The minimum atomic E-state index is -1.49. The molecule has 8 heteroatoms. The van der Waals surface area contributed by atoms with Gasteiger partial charge in [-0.2, -0.15) is 5.26 Å². The first-order chi connectivity index (χ1) is 9.60. The molecule has 3 N–H and O–H groups in total. The van der Waals surface area contributed by atoms with Gasteiger partial charge in [0.2, 0.25) is 5.91 Å². The number of nitriles is 1. The second-order valence-electron chi connectivity index (χ2n) is 3.95. The van der Waals surface area contributed by atoms with Crippen molar-refractivity contribution in [3.8, 4) is 6.07 Å². The molecule has 1 unspecified atom stereocenters. The summed E-state index contributed by atoms with van der Waals surface area (Å²) in [5.74, 6) is -0.502. The smallest absolute Gasteiger partial charge is 0.233 e. The van der Waals surface area contributed by atoms with Gasteiger partial charge in [-0.05, 0) is 18.2 Å². The number of hydrogen-bond acceptors (Lipinski definition) is 6. The summed E-state index contributed by atoms with van der Waals surface area (Å²) in [6.07, 6.45) is 0.235. The van der Waals surface area contributed by atoms with Crippen LogP contribution in [0.25, 0.3) is 10.2 Å². The van der Waals surface area contributed by atoms with Crippen molar-refractivity contribution in [2.45, 2.75) is 10.8 Å². The molecule has 2 rings (SSSR count). The van der Waals surface area contributed by atoms with Crippen LogP contribution in [-0.2, 0) is 15.6 Å². The number of carbonyl (C=O) groups excluding carboxylic acids is 1.